The van der Waals surface area contributed by atoms with Gasteiger partial charge >= 0.3 is 0 Å². The van der Waals surface area contributed by atoms with E-state index in [4.69, 9.17) is 4.74 Å². The summed E-state index contributed by atoms with van der Waals surface area (Å²) in [5, 5.41) is 3.03. The first-order valence-corrected chi connectivity index (χ1v) is 8.26. The van der Waals surface area contributed by atoms with Crippen LogP contribution in [0.1, 0.15) is 54.7 Å². The first-order chi connectivity index (χ1) is 11.1. The summed E-state index contributed by atoms with van der Waals surface area (Å²) in [6.45, 7) is 6.89. The number of nitrogens with one attached hydrogen (secondary N) is 1. The molecule has 3 nitrogen and oxygen atoms in total. The van der Waals surface area contributed by atoms with Gasteiger partial charge in [0.2, 0.25) is 0 Å². The number of carbonyl (C=O) groups is 1. The summed E-state index contributed by atoms with van der Waals surface area (Å²) >= 11 is 0. The van der Waals surface area contributed by atoms with Gasteiger partial charge in [-0.3, -0.25) is 4.79 Å². The number of hydrogen-bond acceptors (Lipinski definition) is 2. The maximum atomic E-state index is 12.3. The van der Waals surface area contributed by atoms with Gasteiger partial charge in [0, 0.05) is 5.56 Å². The van der Waals surface area contributed by atoms with Crippen molar-refractivity contribution in [2.24, 2.45) is 0 Å². The van der Waals surface area contributed by atoms with Crippen LogP contribution in [0.15, 0.2) is 48.5 Å². The highest BCUT2D eigenvalue weighted by atomic mass is 16.5. The van der Waals surface area contributed by atoms with E-state index in [1.165, 1.54) is 5.56 Å². The van der Waals surface area contributed by atoms with E-state index in [1.54, 1.807) is 12.1 Å². The maximum Gasteiger partial charge on any atom is 0.251 e. The molecular formula is C20H25NO2. The van der Waals surface area contributed by atoms with Gasteiger partial charge in [-0.25, -0.2) is 0 Å². The fraction of sp³-hybridized carbons (Fsp3) is 0.350. The van der Waals surface area contributed by atoms with Crippen molar-refractivity contribution in [3.63, 3.8) is 0 Å². The van der Waals surface area contributed by atoms with Crippen molar-refractivity contribution in [3.05, 3.63) is 65.2 Å². The molecule has 2 rings (SSSR count). The van der Waals surface area contributed by atoms with Gasteiger partial charge in [0.05, 0.1) is 12.6 Å². The minimum absolute atomic E-state index is 0.0237. The van der Waals surface area contributed by atoms with Crippen LogP contribution in [-0.2, 0) is 6.42 Å². The van der Waals surface area contributed by atoms with Crippen molar-refractivity contribution in [1.29, 1.82) is 0 Å². The normalized spacial score (nSPS) is 11.8. The van der Waals surface area contributed by atoms with Crippen molar-refractivity contribution in [2.75, 3.05) is 6.61 Å². The topological polar surface area (TPSA) is 38.3 Å². The quantitative estimate of drug-likeness (QED) is 0.816. The summed E-state index contributed by atoms with van der Waals surface area (Å²) in [4.78, 5) is 12.3. The summed E-state index contributed by atoms with van der Waals surface area (Å²) in [5.74, 6) is 0.728. The first-order valence-electron chi connectivity index (χ1n) is 8.26. The largest absolute Gasteiger partial charge is 0.494 e. The third-order valence-electron chi connectivity index (χ3n) is 3.82. The minimum atomic E-state index is -0.0703. The number of benzene rings is 2. The Morgan fingerprint density at radius 1 is 1.04 bits per heavy atom. The first kappa shape index (κ1) is 17.1. The lowest BCUT2D eigenvalue weighted by molar-refractivity contribution is 0.0940. The number of carbonyl (C=O) groups excluding carboxylic acids is 1. The third-order valence-corrected chi connectivity index (χ3v) is 3.82. The van der Waals surface area contributed by atoms with E-state index in [0.29, 0.717) is 12.2 Å². The van der Waals surface area contributed by atoms with Crippen LogP contribution in [0, 0.1) is 0 Å². The van der Waals surface area contributed by atoms with Gasteiger partial charge in [-0.2, -0.15) is 0 Å². The standard InChI is InChI=1S/C20H25NO2/c1-4-14-23-19-12-10-18(11-13-19)20(22)21-15(3)17-8-6-16(5-2)7-9-17/h6-13,15H,4-5,14H2,1-3H3,(H,21,22). The molecule has 122 valence electrons. The molecule has 1 N–H and O–H groups in total. The van der Waals surface area contributed by atoms with Gasteiger partial charge in [-0.05, 0) is 55.2 Å². The van der Waals surface area contributed by atoms with E-state index < -0.39 is 0 Å². The fourth-order valence-electron chi connectivity index (χ4n) is 2.33. The van der Waals surface area contributed by atoms with Crippen molar-refractivity contribution in [3.8, 4) is 5.75 Å². The number of hydrogen-bond donors (Lipinski definition) is 1. The van der Waals surface area contributed by atoms with Gasteiger partial charge < -0.3 is 10.1 Å². The Hall–Kier alpha value is -2.29. The Morgan fingerprint density at radius 2 is 1.70 bits per heavy atom. The molecule has 0 heterocycles. The molecule has 0 fully saturated rings. The molecule has 1 unspecified atom stereocenters. The second kappa shape index (κ2) is 8.37. The van der Waals surface area contributed by atoms with Crippen LogP contribution in [-0.4, -0.2) is 12.5 Å². The molecule has 0 aliphatic rings. The molecule has 1 atom stereocenters. The van der Waals surface area contributed by atoms with Gasteiger partial charge in [-0.1, -0.05) is 38.1 Å². The molecule has 0 aliphatic carbocycles. The molecular weight excluding hydrogens is 286 g/mol. The highest BCUT2D eigenvalue weighted by molar-refractivity contribution is 5.94. The van der Waals surface area contributed by atoms with E-state index in [1.807, 2.05) is 19.1 Å². The van der Waals surface area contributed by atoms with Crippen LogP contribution in [0.5, 0.6) is 5.75 Å². The third kappa shape index (κ3) is 4.85. The predicted octanol–water partition coefficient (Wildman–Crippen LogP) is 4.53. The molecule has 3 heteroatoms. The molecule has 0 saturated carbocycles. The summed E-state index contributed by atoms with van der Waals surface area (Å²) in [6.07, 6.45) is 1.99. The van der Waals surface area contributed by atoms with Crippen LogP contribution in [0.25, 0.3) is 0 Å². The summed E-state index contributed by atoms with van der Waals surface area (Å²) in [5.41, 5.74) is 3.05. The summed E-state index contributed by atoms with van der Waals surface area (Å²) < 4.78 is 5.53. The highest BCUT2D eigenvalue weighted by Crippen LogP contribution is 2.16. The Labute approximate surface area is 138 Å². The Morgan fingerprint density at radius 3 is 2.26 bits per heavy atom. The van der Waals surface area contributed by atoms with Crippen LogP contribution in [0.3, 0.4) is 0 Å². The average Bonchev–Trinajstić information content (AvgIpc) is 2.60. The SMILES string of the molecule is CCCOc1ccc(C(=O)NC(C)c2ccc(CC)cc2)cc1. The zero-order valence-corrected chi connectivity index (χ0v) is 14.1. The van der Waals surface area contributed by atoms with Gasteiger partial charge in [0.15, 0.2) is 0 Å². The van der Waals surface area contributed by atoms with E-state index >= 15 is 0 Å². The number of aryl methyl sites for hydroxylation is 1. The lowest BCUT2D eigenvalue weighted by atomic mass is 10.0. The van der Waals surface area contributed by atoms with Crippen LogP contribution >= 0.6 is 0 Å². The van der Waals surface area contributed by atoms with E-state index in [2.05, 4.69) is 43.4 Å². The molecule has 1 amide bonds. The monoisotopic (exact) mass is 311 g/mol. The highest BCUT2D eigenvalue weighted by Gasteiger charge is 2.11. The smallest absolute Gasteiger partial charge is 0.251 e. The molecule has 0 aromatic heterocycles. The molecule has 2 aromatic carbocycles. The second-order valence-electron chi connectivity index (χ2n) is 5.66. The van der Waals surface area contributed by atoms with Gasteiger partial charge in [0.25, 0.3) is 5.91 Å². The van der Waals surface area contributed by atoms with E-state index in [9.17, 15) is 4.79 Å². The van der Waals surface area contributed by atoms with Crippen molar-refractivity contribution >= 4 is 5.91 Å². The predicted molar refractivity (Wildman–Crippen MR) is 93.9 cm³/mol. The summed E-state index contributed by atoms with van der Waals surface area (Å²) in [6, 6.07) is 15.6. The average molecular weight is 311 g/mol. The second-order valence-corrected chi connectivity index (χ2v) is 5.66. The Balaban J connectivity index is 1.97. The molecule has 2 aromatic rings. The molecule has 0 aliphatic heterocycles. The van der Waals surface area contributed by atoms with Crippen LogP contribution in [0.2, 0.25) is 0 Å². The fourth-order valence-corrected chi connectivity index (χ4v) is 2.33. The lowest BCUT2D eigenvalue weighted by Crippen LogP contribution is -2.26. The van der Waals surface area contributed by atoms with Crippen LogP contribution in [0.4, 0.5) is 0 Å². The van der Waals surface area contributed by atoms with Gasteiger partial charge in [-0.15, -0.1) is 0 Å². The molecule has 0 radical (unpaired) electrons. The molecule has 0 saturated heterocycles. The Bertz CT molecular complexity index is 617. The molecule has 0 bridgehead atoms. The van der Waals surface area contributed by atoms with Crippen molar-refractivity contribution in [2.45, 2.75) is 39.7 Å². The zero-order chi connectivity index (χ0) is 16.7. The van der Waals surface area contributed by atoms with Gasteiger partial charge in [0.1, 0.15) is 5.75 Å². The summed E-state index contributed by atoms with van der Waals surface area (Å²) in [7, 11) is 0. The van der Waals surface area contributed by atoms with E-state index in [0.717, 1.165) is 24.2 Å². The Kier molecular flexibility index (Phi) is 6.21. The number of ether oxygens (including phenoxy) is 1. The van der Waals surface area contributed by atoms with Crippen molar-refractivity contribution < 1.29 is 9.53 Å². The maximum absolute atomic E-state index is 12.3. The number of rotatable bonds is 7. The lowest BCUT2D eigenvalue weighted by Gasteiger charge is -2.15. The number of amides is 1. The van der Waals surface area contributed by atoms with Crippen molar-refractivity contribution in [1.82, 2.24) is 5.32 Å². The minimum Gasteiger partial charge on any atom is -0.494 e. The molecule has 23 heavy (non-hydrogen) atoms. The zero-order valence-electron chi connectivity index (χ0n) is 14.1. The van der Waals surface area contributed by atoms with E-state index in [-0.39, 0.29) is 11.9 Å². The van der Waals surface area contributed by atoms with Crippen LogP contribution < -0.4 is 10.1 Å². The molecule has 0 spiro atoms.